The van der Waals surface area contributed by atoms with Crippen molar-refractivity contribution in [3.05, 3.63) is 11.1 Å². The molecule has 1 N–H and O–H groups in total. The lowest BCUT2D eigenvalue weighted by Gasteiger charge is -2.56. The smallest absolute Gasteiger partial charge is 0.159 e. The molecule has 3 fully saturated rings. The van der Waals surface area contributed by atoms with Gasteiger partial charge < -0.3 is 5.11 Å². The maximum atomic E-state index is 13.4. The molecule has 0 amide bonds. The zero-order valence-corrected chi connectivity index (χ0v) is 19.6. The SMILES string of the molecule is CC(C)CCC[C@@H](C)[C@@H]1CC(=O)C2=C3CC[C@@H]4C[C@@H](O)CC[C@@]4(C)[C@@H]3CC[C@@]21C. The van der Waals surface area contributed by atoms with Gasteiger partial charge in [-0.3, -0.25) is 4.79 Å². The van der Waals surface area contributed by atoms with Crippen LogP contribution in [0.4, 0.5) is 0 Å². The van der Waals surface area contributed by atoms with Gasteiger partial charge in [-0.05, 0) is 85.4 Å². The molecule has 0 unspecified atom stereocenters. The van der Waals surface area contributed by atoms with E-state index in [1.165, 1.54) is 44.1 Å². The Morgan fingerprint density at radius 3 is 2.55 bits per heavy atom. The Balaban J connectivity index is 1.59. The lowest BCUT2D eigenvalue weighted by atomic mass is 9.48. The van der Waals surface area contributed by atoms with Gasteiger partial charge in [0.25, 0.3) is 0 Å². The number of carbonyl (C=O) groups is 1. The Labute approximate surface area is 178 Å². The van der Waals surface area contributed by atoms with E-state index in [0.717, 1.165) is 38.0 Å². The van der Waals surface area contributed by atoms with Gasteiger partial charge in [0.1, 0.15) is 0 Å². The van der Waals surface area contributed by atoms with Crippen molar-refractivity contribution in [2.24, 2.45) is 40.4 Å². The monoisotopic (exact) mass is 400 g/mol. The second-order valence-corrected chi connectivity index (χ2v) is 12.1. The van der Waals surface area contributed by atoms with Crippen LogP contribution < -0.4 is 0 Å². The largest absolute Gasteiger partial charge is 0.393 e. The van der Waals surface area contributed by atoms with E-state index in [-0.39, 0.29) is 11.5 Å². The number of aliphatic hydroxyl groups excluding tert-OH is 1. The number of ketones is 1. The molecule has 164 valence electrons. The Kier molecular flexibility index (Phi) is 5.82. The lowest BCUT2D eigenvalue weighted by Crippen LogP contribution is -2.48. The fourth-order valence-corrected chi connectivity index (χ4v) is 8.22. The zero-order chi connectivity index (χ0) is 21.0. The van der Waals surface area contributed by atoms with Crippen LogP contribution in [0.25, 0.3) is 0 Å². The number of Topliss-reactive ketones (excluding diaryl/α,β-unsaturated/α-hetero) is 1. The normalized spacial score (nSPS) is 43.2. The van der Waals surface area contributed by atoms with E-state index in [1.54, 1.807) is 5.57 Å². The van der Waals surface area contributed by atoms with Gasteiger partial charge in [-0.15, -0.1) is 0 Å². The van der Waals surface area contributed by atoms with Crippen molar-refractivity contribution >= 4 is 5.78 Å². The van der Waals surface area contributed by atoms with Crippen molar-refractivity contribution in [2.45, 2.75) is 111 Å². The number of rotatable bonds is 5. The quantitative estimate of drug-likeness (QED) is 0.556. The third-order valence-electron chi connectivity index (χ3n) is 9.96. The van der Waals surface area contributed by atoms with E-state index in [4.69, 9.17) is 0 Å². The van der Waals surface area contributed by atoms with Crippen molar-refractivity contribution < 1.29 is 9.90 Å². The average molecular weight is 401 g/mol. The molecule has 0 saturated heterocycles. The Morgan fingerprint density at radius 2 is 1.83 bits per heavy atom. The molecule has 7 atom stereocenters. The number of hydrogen-bond acceptors (Lipinski definition) is 2. The van der Waals surface area contributed by atoms with Gasteiger partial charge in [0.15, 0.2) is 5.78 Å². The maximum Gasteiger partial charge on any atom is 0.159 e. The average Bonchev–Trinajstić information content (AvgIpc) is 2.93. The standard InChI is InChI=1S/C27H44O2/c1-17(2)7-6-8-18(3)23-16-24(29)25-21-10-9-19-15-20(28)11-13-26(19,4)22(21)12-14-27(23,25)5/h17-20,22-23,28H,6-16H2,1-5H3/t18-,19-,20+,22-,23+,26-,27-/m1/s1. The third-order valence-corrected chi connectivity index (χ3v) is 9.96. The minimum Gasteiger partial charge on any atom is -0.393 e. The molecule has 0 radical (unpaired) electrons. The second-order valence-electron chi connectivity index (χ2n) is 12.1. The van der Waals surface area contributed by atoms with Crippen LogP contribution in [0.5, 0.6) is 0 Å². The first-order chi connectivity index (χ1) is 13.7. The minimum atomic E-state index is -0.0969. The summed E-state index contributed by atoms with van der Waals surface area (Å²) in [5, 5.41) is 10.2. The number of fused-ring (bicyclic) bond motifs is 4. The summed E-state index contributed by atoms with van der Waals surface area (Å²) >= 11 is 0. The van der Waals surface area contributed by atoms with Gasteiger partial charge in [-0.25, -0.2) is 0 Å². The van der Waals surface area contributed by atoms with E-state index in [1.807, 2.05) is 0 Å². The van der Waals surface area contributed by atoms with Crippen LogP contribution in [0.3, 0.4) is 0 Å². The molecule has 0 aliphatic heterocycles. The summed E-state index contributed by atoms with van der Waals surface area (Å²) < 4.78 is 0. The van der Waals surface area contributed by atoms with Crippen molar-refractivity contribution in [1.29, 1.82) is 0 Å². The molecule has 0 heterocycles. The second kappa shape index (κ2) is 7.81. The zero-order valence-electron chi connectivity index (χ0n) is 19.6. The van der Waals surface area contributed by atoms with Crippen LogP contribution >= 0.6 is 0 Å². The molecule has 4 aliphatic carbocycles. The first-order valence-electron chi connectivity index (χ1n) is 12.6. The maximum absolute atomic E-state index is 13.4. The van der Waals surface area contributed by atoms with Gasteiger partial charge in [-0.2, -0.15) is 0 Å². The highest BCUT2D eigenvalue weighted by Crippen LogP contribution is 2.65. The van der Waals surface area contributed by atoms with Crippen LogP contribution in [0.15, 0.2) is 11.1 Å². The molecule has 3 saturated carbocycles. The molecule has 4 aliphatic rings. The molecule has 29 heavy (non-hydrogen) atoms. The highest BCUT2D eigenvalue weighted by Gasteiger charge is 2.57. The summed E-state index contributed by atoms with van der Waals surface area (Å²) in [6.07, 6.45) is 12.4. The molecule has 0 spiro atoms. The van der Waals surface area contributed by atoms with Crippen molar-refractivity contribution in [1.82, 2.24) is 0 Å². The molecule has 0 aromatic rings. The fourth-order valence-electron chi connectivity index (χ4n) is 8.22. The predicted molar refractivity (Wildman–Crippen MR) is 120 cm³/mol. The Hall–Kier alpha value is -0.630. The summed E-state index contributed by atoms with van der Waals surface area (Å²) in [5.41, 5.74) is 3.29. The van der Waals surface area contributed by atoms with Crippen molar-refractivity contribution in [3.63, 3.8) is 0 Å². The van der Waals surface area contributed by atoms with Crippen LogP contribution in [-0.4, -0.2) is 17.0 Å². The first-order valence-corrected chi connectivity index (χ1v) is 12.6. The topological polar surface area (TPSA) is 37.3 Å². The van der Waals surface area contributed by atoms with E-state index >= 15 is 0 Å². The Bertz CT molecular complexity index is 676. The Morgan fingerprint density at radius 1 is 1.07 bits per heavy atom. The van der Waals surface area contributed by atoms with Gasteiger partial charge in [0.05, 0.1) is 6.10 Å². The van der Waals surface area contributed by atoms with Crippen molar-refractivity contribution in [3.8, 4) is 0 Å². The van der Waals surface area contributed by atoms with Crippen molar-refractivity contribution in [2.75, 3.05) is 0 Å². The number of hydrogen-bond donors (Lipinski definition) is 1. The van der Waals surface area contributed by atoms with Crippen LogP contribution in [0, 0.1) is 40.4 Å². The van der Waals surface area contributed by atoms with Crippen LogP contribution in [0.2, 0.25) is 0 Å². The van der Waals surface area contributed by atoms with E-state index in [9.17, 15) is 9.90 Å². The number of allylic oxidation sites excluding steroid dienone is 2. The summed E-state index contributed by atoms with van der Waals surface area (Å²) in [6.45, 7) is 12.0. The minimum absolute atomic E-state index is 0.0969. The highest BCUT2D eigenvalue weighted by atomic mass is 16.3. The van der Waals surface area contributed by atoms with Crippen LogP contribution in [0.1, 0.15) is 105 Å². The van der Waals surface area contributed by atoms with Crippen LogP contribution in [-0.2, 0) is 4.79 Å². The lowest BCUT2D eigenvalue weighted by molar-refractivity contribution is -0.115. The molecule has 4 rings (SSSR count). The highest BCUT2D eigenvalue weighted by molar-refractivity contribution is 6.00. The summed E-state index contributed by atoms with van der Waals surface area (Å²) in [6, 6.07) is 0. The molecule has 2 nitrogen and oxygen atoms in total. The molecular formula is C27H44O2. The number of aliphatic hydroxyl groups is 1. The molecule has 0 bridgehead atoms. The molecular weight excluding hydrogens is 356 g/mol. The molecule has 0 aromatic heterocycles. The van der Waals surface area contributed by atoms with Gasteiger partial charge >= 0.3 is 0 Å². The first kappa shape index (κ1) is 21.6. The van der Waals surface area contributed by atoms with Gasteiger partial charge in [0, 0.05) is 12.0 Å². The third kappa shape index (κ3) is 3.56. The summed E-state index contributed by atoms with van der Waals surface area (Å²) in [4.78, 5) is 13.4. The molecule has 2 heteroatoms. The fraction of sp³-hybridized carbons (Fsp3) is 0.889. The van der Waals surface area contributed by atoms with E-state index < -0.39 is 0 Å². The number of carbonyl (C=O) groups excluding carboxylic acids is 1. The van der Waals surface area contributed by atoms with Gasteiger partial charge in [-0.1, -0.05) is 59.5 Å². The van der Waals surface area contributed by atoms with E-state index in [0.29, 0.717) is 34.9 Å². The van der Waals surface area contributed by atoms with Gasteiger partial charge in [0.2, 0.25) is 0 Å². The molecule has 0 aromatic carbocycles. The van der Waals surface area contributed by atoms with E-state index in [2.05, 4.69) is 34.6 Å². The summed E-state index contributed by atoms with van der Waals surface area (Å²) in [5.74, 6) is 3.70. The predicted octanol–water partition coefficient (Wildman–Crippen LogP) is 6.71. The summed E-state index contributed by atoms with van der Waals surface area (Å²) in [7, 11) is 0.